The highest BCUT2D eigenvalue weighted by molar-refractivity contribution is 5.38. The molecule has 140 valence electrons. The van der Waals surface area contributed by atoms with Crippen molar-refractivity contribution in [3.63, 3.8) is 0 Å². The van der Waals surface area contributed by atoms with E-state index in [-0.39, 0.29) is 17.6 Å². The van der Waals surface area contributed by atoms with E-state index in [0.717, 1.165) is 18.7 Å². The van der Waals surface area contributed by atoms with Crippen molar-refractivity contribution in [1.29, 1.82) is 5.26 Å². The SMILES string of the molecule is N#Cc1c(F)cc(C2(O)CC3COCC(C2)N3Cc2ccccc2)cc1F. The van der Waals surface area contributed by atoms with Crippen molar-refractivity contribution in [3.05, 3.63) is 70.8 Å². The molecule has 4 nitrogen and oxygen atoms in total. The fourth-order valence-electron chi connectivity index (χ4n) is 4.28. The smallest absolute Gasteiger partial charge is 0.144 e. The lowest BCUT2D eigenvalue weighted by Crippen LogP contribution is -2.60. The van der Waals surface area contributed by atoms with Crippen molar-refractivity contribution >= 4 is 0 Å². The Bertz CT molecular complexity index is 844. The molecule has 27 heavy (non-hydrogen) atoms. The normalized spacial score (nSPS) is 27.9. The highest BCUT2D eigenvalue weighted by atomic mass is 19.1. The third-order valence-electron chi connectivity index (χ3n) is 5.60. The van der Waals surface area contributed by atoms with E-state index in [1.165, 1.54) is 11.6 Å². The highest BCUT2D eigenvalue weighted by Gasteiger charge is 2.47. The first-order valence-electron chi connectivity index (χ1n) is 8.99. The summed E-state index contributed by atoms with van der Waals surface area (Å²) in [6, 6.07) is 13.7. The summed E-state index contributed by atoms with van der Waals surface area (Å²) >= 11 is 0. The number of ether oxygens (including phenoxy) is 1. The lowest BCUT2D eigenvalue weighted by molar-refractivity contribution is -0.149. The fraction of sp³-hybridized carbons (Fsp3) is 0.381. The molecule has 4 rings (SSSR count). The van der Waals surface area contributed by atoms with Gasteiger partial charge >= 0.3 is 0 Å². The van der Waals surface area contributed by atoms with Crippen LogP contribution in [0.25, 0.3) is 0 Å². The summed E-state index contributed by atoms with van der Waals surface area (Å²) in [5.74, 6) is -1.87. The van der Waals surface area contributed by atoms with Gasteiger partial charge in [0.1, 0.15) is 23.3 Å². The van der Waals surface area contributed by atoms with Crippen molar-refractivity contribution in [2.75, 3.05) is 13.2 Å². The Balaban J connectivity index is 1.62. The van der Waals surface area contributed by atoms with Crippen LogP contribution in [-0.4, -0.2) is 35.3 Å². The van der Waals surface area contributed by atoms with Gasteiger partial charge in [-0.1, -0.05) is 30.3 Å². The van der Waals surface area contributed by atoms with Crippen molar-refractivity contribution in [3.8, 4) is 6.07 Å². The maximum atomic E-state index is 14.1. The molecule has 2 aromatic rings. The molecule has 0 aromatic heterocycles. The molecule has 1 N–H and O–H groups in total. The first kappa shape index (κ1) is 18.1. The Morgan fingerprint density at radius 2 is 1.70 bits per heavy atom. The Morgan fingerprint density at radius 1 is 1.11 bits per heavy atom. The molecule has 2 heterocycles. The molecule has 2 aliphatic rings. The summed E-state index contributed by atoms with van der Waals surface area (Å²) in [4.78, 5) is 2.31. The van der Waals surface area contributed by atoms with Crippen LogP contribution in [0.3, 0.4) is 0 Å². The first-order chi connectivity index (χ1) is 13.0. The van der Waals surface area contributed by atoms with Gasteiger partial charge in [-0.25, -0.2) is 8.78 Å². The van der Waals surface area contributed by atoms with Crippen molar-refractivity contribution in [1.82, 2.24) is 4.90 Å². The zero-order valence-electron chi connectivity index (χ0n) is 14.7. The van der Waals surface area contributed by atoms with Gasteiger partial charge in [-0.05, 0) is 36.1 Å². The number of rotatable bonds is 3. The predicted molar refractivity (Wildman–Crippen MR) is 94.6 cm³/mol. The van der Waals surface area contributed by atoms with Gasteiger partial charge < -0.3 is 9.84 Å². The summed E-state index contributed by atoms with van der Waals surface area (Å²) in [6.07, 6.45) is 0.641. The lowest BCUT2D eigenvalue weighted by Gasteiger charge is -2.52. The standard InChI is InChI=1S/C21H20F2N2O2/c22-19-6-15(7-20(23)18(19)10-24)21(26)8-16-12-27-13-17(9-21)25(16)11-14-4-2-1-3-5-14/h1-7,16-17,26H,8-9,11-13H2. The maximum absolute atomic E-state index is 14.1. The van der Waals surface area contributed by atoms with Crippen LogP contribution in [0.2, 0.25) is 0 Å². The van der Waals surface area contributed by atoms with Crippen molar-refractivity contribution < 1.29 is 18.6 Å². The van der Waals surface area contributed by atoms with Crippen molar-refractivity contribution in [2.24, 2.45) is 0 Å². The average Bonchev–Trinajstić information content (AvgIpc) is 2.63. The van der Waals surface area contributed by atoms with E-state index in [9.17, 15) is 13.9 Å². The van der Waals surface area contributed by atoms with Crippen LogP contribution in [0.5, 0.6) is 0 Å². The summed E-state index contributed by atoms with van der Waals surface area (Å²) in [5.41, 5.74) is -0.599. The van der Waals surface area contributed by atoms with Gasteiger partial charge in [0.2, 0.25) is 0 Å². The molecule has 2 saturated heterocycles. The van der Waals surface area contributed by atoms with Gasteiger partial charge in [-0.15, -0.1) is 0 Å². The second kappa shape index (κ2) is 7.01. The van der Waals surface area contributed by atoms with E-state index in [4.69, 9.17) is 10.00 Å². The molecule has 2 aliphatic heterocycles. The molecule has 2 fully saturated rings. The number of hydrogen-bond acceptors (Lipinski definition) is 4. The second-order valence-electron chi connectivity index (χ2n) is 7.37. The van der Waals surface area contributed by atoms with E-state index in [1.807, 2.05) is 18.2 Å². The minimum atomic E-state index is -1.35. The van der Waals surface area contributed by atoms with Crippen LogP contribution >= 0.6 is 0 Å². The number of morpholine rings is 1. The van der Waals surface area contributed by atoms with Gasteiger partial charge in [0.05, 0.1) is 18.8 Å². The molecule has 2 unspecified atom stereocenters. The van der Waals surface area contributed by atoms with Gasteiger partial charge in [-0.3, -0.25) is 4.90 Å². The number of nitrogens with zero attached hydrogens (tertiary/aromatic N) is 2. The zero-order chi connectivity index (χ0) is 19.0. The molecule has 0 saturated carbocycles. The van der Waals surface area contributed by atoms with Gasteiger partial charge in [0, 0.05) is 18.6 Å². The second-order valence-corrected chi connectivity index (χ2v) is 7.37. The average molecular weight is 370 g/mol. The summed E-state index contributed by atoms with van der Waals surface area (Å²) in [6.45, 7) is 1.67. The molecule has 0 radical (unpaired) electrons. The predicted octanol–water partition coefficient (Wildman–Crippen LogP) is 3.09. The molecule has 2 atom stereocenters. The number of piperidine rings is 1. The number of nitriles is 1. The van der Waals surface area contributed by atoms with Crippen LogP contribution in [0.15, 0.2) is 42.5 Å². The van der Waals surface area contributed by atoms with Gasteiger partial charge in [-0.2, -0.15) is 5.26 Å². The largest absolute Gasteiger partial charge is 0.385 e. The topological polar surface area (TPSA) is 56.5 Å². The summed E-state index contributed by atoms with van der Waals surface area (Å²) in [7, 11) is 0. The summed E-state index contributed by atoms with van der Waals surface area (Å²) < 4.78 is 33.8. The molecule has 2 aromatic carbocycles. The third kappa shape index (κ3) is 3.34. The van der Waals surface area contributed by atoms with E-state index in [2.05, 4.69) is 17.0 Å². The molecular formula is C21H20F2N2O2. The van der Waals surface area contributed by atoms with Gasteiger partial charge in [0.25, 0.3) is 0 Å². The Hall–Kier alpha value is -2.33. The quantitative estimate of drug-likeness (QED) is 0.902. The van der Waals surface area contributed by atoms with E-state index in [0.29, 0.717) is 26.1 Å². The van der Waals surface area contributed by atoms with E-state index < -0.39 is 22.8 Å². The zero-order valence-corrected chi connectivity index (χ0v) is 14.7. The number of hydrogen-bond donors (Lipinski definition) is 1. The molecule has 0 spiro atoms. The molecule has 6 heteroatoms. The summed E-state index contributed by atoms with van der Waals surface area (Å²) in [5, 5.41) is 20.1. The molecular weight excluding hydrogens is 350 g/mol. The molecule has 0 amide bonds. The number of fused-ring (bicyclic) bond motifs is 2. The van der Waals surface area contributed by atoms with Crippen LogP contribution in [-0.2, 0) is 16.9 Å². The van der Waals surface area contributed by atoms with Gasteiger partial charge in [0.15, 0.2) is 0 Å². The minimum absolute atomic E-state index is 0.0514. The van der Waals surface area contributed by atoms with Crippen molar-refractivity contribution in [2.45, 2.75) is 37.1 Å². The Kier molecular flexibility index (Phi) is 4.68. The van der Waals surface area contributed by atoms with Crippen LogP contribution in [0.4, 0.5) is 8.78 Å². The first-order valence-corrected chi connectivity index (χ1v) is 8.99. The van der Waals surface area contributed by atoms with E-state index in [1.54, 1.807) is 0 Å². The Labute approximate surface area is 156 Å². The lowest BCUT2D eigenvalue weighted by atomic mass is 9.76. The number of benzene rings is 2. The monoisotopic (exact) mass is 370 g/mol. The minimum Gasteiger partial charge on any atom is -0.385 e. The highest BCUT2D eigenvalue weighted by Crippen LogP contribution is 2.42. The van der Waals surface area contributed by atoms with Crippen LogP contribution in [0, 0.1) is 23.0 Å². The van der Waals surface area contributed by atoms with E-state index >= 15 is 0 Å². The van der Waals surface area contributed by atoms with Crippen LogP contribution in [0.1, 0.15) is 29.5 Å². The number of halogens is 2. The maximum Gasteiger partial charge on any atom is 0.144 e. The van der Waals surface area contributed by atoms with Crippen LogP contribution < -0.4 is 0 Å². The fourth-order valence-corrected chi connectivity index (χ4v) is 4.28. The third-order valence-corrected chi connectivity index (χ3v) is 5.60. The molecule has 0 aliphatic carbocycles. The molecule has 2 bridgehead atoms. The number of aliphatic hydroxyl groups is 1. The Morgan fingerprint density at radius 3 is 2.26 bits per heavy atom.